The lowest BCUT2D eigenvalue weighted by Gasteiger charge is -2.26. The Hall–Kier alpha value is -1.85. The molecule has 2 aromatic rings. The van der Waals surface area contributed by atoms with Gasteiger partial charge in [0.25, 0.3) is 0 Å². The number of aromatic nitrogens is 1. The number of likely N-dealkylation sites (tertiary alicyclic amines) is 1. The number of ether oxygens (including phenoxy) is 1. The number of benzene rings is 1. The zero-order valence-electron chi connectivity index (χ0n) is 14.0. The largest absolute Gasteiger partial charge is 0.444 e. The Morgan fingerprint density at radius 1 is 1.38 bits per heavy atom. The number of carbonyl (C=O) groups excluding carboxylic acids is 1. The van der Waals surface area contributed by atoms with Gasteiger partial charge in [0.15, 0.2) is 0 Å². The first-order valence-electron chi connectivity index (χ1n) is 7.93. The molecule has 0 bridgehead atoms. The van der Waals surface area contributed by atoms with E-state index < -0.39 is 17.3 Å². The maximum atomic E-state index is 12.2. The van der Waals surface area contributed by atoms with Crippen LogP contribution in [0.15, 0.2) is 30.5 Å². The molecule has 6 heteroatoms. The van der Waals surface area contributed by atoms with Gasteiger partial charge in [0.1, 0.15) is 11.2 Å². The van der Waals surface area contributed by atoms with Crippen molar-refractivity contribution in [2.24, 2.45) is 0 Å². The Morgan fingerprint density at radius 3 is 2.83 bits per heavy atom. The highest BCUT2D eigenvalue weighted by Crippen LogP contribution is 2.35. The van der Waals surface area contributed by atoms with Crippen LogP contribution in [0.3, 0.4) is 0 Å². The average molecular weight is 349 g/mol. The minimum absolute atomic E-state index is 0.200. The summed E-state index contributed by atoms with van der Waals surface area (Å²) in [5.74, 6) is 0. The fourth-order valence-corrected chi connectivity index (χ4v) is 3.12. The number of nitrogens with zero attached hydrogens (tertiary/aromatic N) is 2. The molecule has 0 saturated carbocycles. The monoisotopic (exact) mass is 348 g/mol. The minimum atomic E-state index is -1.11. The molecule has 1 aromatic heterocycles. The summed E-state index contributed by atoms with van der Waals surface area (Å²) >= 11 is 6.23. The van der Waals surface area contributed by atoms with E-state index in [1.807, 2.05) is 39.0 Å². The molecular weight excluding hydrogens is 328 g/mol. The molecule has 0 aliphatic carbocycles. The molecule has 1 aliphatic heterocycles. The second kappa shape index (κ2) is 5.90. The summed E-state index contributed by atoms with van der Waals surface area (Å²) in [6.07, 6.45) is 1.70. The summed E-state index contributed by atoms with van der Waals surface area (Å²) in [6.45, 7) is 6.12. The maximum absolute atomic E-state index is 12.2. The number of pyridine rings is 1. The summed E-state index contributed by atoms with van der Waals surface area (Å²) in [5.41, 5.74) is -0.155. The van der Waals surface area contributed by atoms with Crippen LogP contribution < -0.4 is 0 Å². The van der Waals surface area contributed by atoms with Crippen LogP contribution in [0, 0.1) is 0 Å². The topological polar surface area (TPSA) is 62.7 Å². The van der Waals surface area contributed by atoms with E-state index in [2.05, 4.69) is 4.98 Å². The summed E-state index contributed by atoms with van der Waals surface area (Å²) in [7, 11) is 0. The van der Waals surface area contributed by atoms with Gasteiger partial charge in [-0.3, -0.25) is 4.98 Å². The van der Waals surface area contributed by atoms with Gasteiger partial charge in [-0.1, -0.05) is 17.7 Å². The van der Waals surface area contributed by atoms with Crippen LogP contribution in [-0.2, 0) is 10.3 Å². The number of carbonyl (C=O) groups is 1. The molecule has 0 radical (unpaired) electrons. The molecular formula is C18H21ClN2O3. The lowest BCUT2D eigenvalue weighted by atomic mass is 9.92. The molecule has 1 saturated heterocycles. The lowest BCUT2D eigenvalue weighted by molar-refractivity contribution is 0.0140. The van der Waals surface area contributed by atoms with Crippen LogP contribution in [0.5, 0.6) is 0 Å². The van der Waals surface area contributed by atoms with Crippen molar-refractivity contribution < 1.29 is 14.6 Å². The van der Waals surface area contributed by atoms with Crippen molar-refractivity contribution in [2.75, 3.05) is 13.1 Å². The molecule has 1 unspecified atom stereocenters. The van der Waals surface area contributed by atoms with E-state index in [1.54, 1.807) is 17.2 Å². The normalized spacial score (nSPS) is 21.3. The number of rotatable bonds is 1. The van der Waals surface area contributed by atoms with E-state index in [-0.39, 0.29) is 6.54 Å². The van der Waals surface area contributed by atoms with Crippen LogP contribution in [0.1, 0.15) is 32.8 Å². The van der Waals surface area contributed by atoms with Crippen LogP contribution in [0.2, 0.25) is 5.02 Å². The molecule has 3 rings (SSSR count). The van der Waals surface area contributed by atoms with E-state index in [1.165, 1.54) is 0 Å². The smallest absolute Gasteiger partial charge is 0.410 e. The van der Waals surface area contributed by atoms with Gasteiger partial charge in [0, 0.05) is 18.1 Å². The maximum Gasteiger partial charge on any atom is 0.410 e. The molecule has 1 amide bonds. The lowest BCUT2D eigenvalue weighted by Crippen LogP contribution is -2.38. The Morgan fingerprint density at radius 2 is 2.12 bits per heavy atom. The van der Waals surface area contributed by atoms with Gasteiger partial charge in [0.05, 0.1) is 17.1 Å². The Kier molecular flexibility index (Phi) is 4.18. The van der Waals surface area contributed by atoms with Crippen LogP contribution in [0.25, 0.3) is 10.9 Å². The van der Waals surface area contributed by atoms with E-state index in [0.29, 0.717) is 18.0 Å². The van der Waals surface area contributed by atoms with Crippen LogP contribution in [0.4, 0.5) is 4.79 Å². The van der Waals surface area contributed by atoms with Gasteiger partial charge in [-0.25, -0.2) is 4.79 Å². The first kappa shape index (κ1) is 17.0. The van der Waals surface area contributed by atoms with E-state index in [4.69, 9.17) is 16.3 Å². The third kappa shape index (κ3) is 3.32. The number of hydrogen-bond donors (Lipinski definition) is 1. The second-order valence-corrected chi connectivity index (χ2v) is 7.62. The van der Waals surface area contributed by atoms with Gasteiger partial charge in [0.2, 0.25) is 0 Å². The SMILES string of the molecule is CC(C)(C)OC(=O)N1CCC(O)(c2ccc3nccc(Cl)c3c2)C1. The molecule has 128 valence electrons. The molecule has 1 fully saturated rings. The van der Waals surface area contributed by atoms with Crippen molar-refractivity contribution in [1.82, 2.24) is 9.88 Å². The third-order valence-electron chi connectivity index (χ3n) is 4.13. The van der Waals surface area contributed by atoms with E-state index in [0.717, 1.165) is 16.5 Å². The van der Waals surface area contributed by atoms with E-state index >= 15 is 0 Å². The first-order chi connectivity index (χ1) is 11.2. The number of fused-ring (bicyclic) bond motifs is 1. The Bertz CT molecular complexity index is 787. The number of amides is 1. The summed E-state index contributed by atoms with van der Waals surface area (Å²) < 4.78 is 5.38. The number of halogens is 1. The molecule has 1 aliphatic rings. The number of β-amino-alcohol motifs (C(OH)–C–C–N with tert-alkyl or cyclic N) is 1. The molecule has 5 nitrogen and oxygen atoms in total. The Balaban J connectivity index is 1.85. The molecule has 1 atom stereocenters. The number of aliphatic hydroxyl groups is 1. The highest BCUT2D eigenvalue weighted by Gasteiger charge is 2.41. The third-order valence-corrected chi connectivity index (χ3v) is 4.45. The van der Waals surface area contributed by atoms with Crippen molar-refractivity contribution >= 4 is 28.6 Å². The quantitative estimate of drug-likeness (QED) is 0.853. The van der Waals surface area contributed by atoms with E-state index in [9.17, 15) is 9.90 Å². The van der Waals surface area contributed by atoms with Gasteiger partial charge < -0.3 is 14.7 Å². The van der Waals surface area contributed by atoms with Crippen LogP contribution in [-0.4, -0.2) is 39.8 Å². The molecule has 1 N–H and O–H groups in total. The highest BCUT2D eigenvalue weighted by atomic mass is 35.5. The van der Waals surface area contributed by atoms with Crippen molar-refractivity contribution in [3.63, 3.8) is 0 Å². The molecule has 24 heavy (non-hydrogen) atoms. The Labute approximate surface area is 146 Å². The van der Waals surface area contributed by atoms with Crippen LogP contribution >= 0.6 is 11.6 Å². The highest BCUT2D eigenvalue weighted by molar-refractivity contribution is 6.35. The van der Waals surface area contributed by atoms with Gasteiger partial charge >= 0.3 is 6.09 Å². The van der Waals surface area contributed by atoms with Crippen molar-refractivity contribution in [3.05, 3.63) is 41.0 Å². The summed E-state index contributed by atoms with van der Waals surface area (Å²) in [4.78, 5) is 18.0. The fraction of sp³-hybridized carbons (Fsp3) is 0.444. The minimum Gasteiger partial charge on any atom is -0.444 e. The summed E-state index contributed by atoms with van der Waals surface area (Å²) in [6, 6.07) is 7.25. The molecule has 1 aromatic carbocycles. The van der Waals surface area contributed by atoms with Crippen molar-refractivity contribution in [1.29, 1.82) is 0 Å². The number of hydrogen-bond acceptors (Lipinski definition) is 4. The van der Waals surface area contributed by atoms with Gasteiger partial charge in [-0.2, -0.15) is 0 Å². The predicted molar refractivity (Wildman–Crippen MR) is 93.1 cm³/mol. The average Bonchev–Trinajstić information content (AvgIpc) is 2.90. The van der Waals surface area contributed by atoms with Gasteiger partial charge in [-0.15, -0.1) is 0 Å². The summed E-state index contributed by atoms with van der Waals surface area (Å²) in [5, 5.41) is 12.4. The predicted octanol–water partition coefficient (Wildman–Crippen LogP) is 3.72. The molecule has 2 heterocycles. The van der Waals surface area contributed by atoms with Crippen molar-refractivity contribution in [2.45, 2.75) is 38.4 Å². The second-order valence-electron chi connectivity index (χ2n) is 7.21. The standard InChI is InChI=1S/C18H21ClN2O3/c1-17(2,3)24-16(22)21-9-7-18(23,11-21)12-4-5-15-13(10-12)14(19)6-8-20-15/h4-6,8,10,23H,7,9,11H2,1-3H3. The zero-order chi connectivity index (χ0) is 17.5. The zero-order valence-corrected chi connectivity index (χ0v) is 14.8. The van der Waals surface area contributed by atoms with Gasteiger partial charge in [-0.05, 0) is 51.0 Å². The molecule has 0 spiro atoms. The fourth-order valence-electron chi connectivity index (χ4n) is 2.91. The van der Waals surface area contributed by atoms with Crippen molar-refractivity contribution in [3.8, 4) is 0 Å². The first-order valence-corrected chi connectivity index (χ1v) is 8.31.